The predicted octanol–water partition coefficient (Wildman–Crippen LogP) is 3.14. The minimum absolute atomic E-state index is 0.0629. The molecule has 0 saturated carbocycles. The van der Waals surface area contributed by atoms with E-state index in [2.05, 4.69) is 31.7 Å². The number of fused-ring (bicyclic) bond motifs is 3. The van der Waals surface area contributed by atoms with Crippen molar-refractivity contribution in [2.24, 2.45) is 7.05 Å². The van der Waals surface area contributed by atoms with Gasteiger partial charge in [-0.2, -0.15) is 0 Å². The summed E-state index contributed by atoms with van der Waals surface area (Å²) in [5.41, 5.74) is 5.14. The molecule has 0 aromatic carbocycles. The molecule has 4 aromatic rings. The van der Waals surface area contributed by atoms with Gasteiger partial charge in [0.15, 0.2) is 5.82 Å². The standard InChI is InChI=1S/C20H23N7O/c1-5-13(23-11(2)28)14-7-6-8-15(24-14)16-9-12-18-17(22-10-27(18)4)20(21-3)26-19(12)25-16/h6-10,13H,5H2,1-4H3,(H,23,28)(H2,21,25,26). The third-order valence-electron chi connectivity index (χ3n) is 4.86. The van der Waals surface area contributed by atoms with E-state index >= 15 is 0 Å². The van der Waals surface area contributed by atoms with Crippen LogP contribution < -0.4 is 10.6 Å². The summed E-state index contributed by atoms with van der Waals surface area (Å²) in [5.74, 6) is 0.668. The molecular formula is C20H23N7O. The number of hydrogen-bond acceptors (Lipinski definition) is 5. The maximum absolute atomic E-state index is 11.5. The van der Waals surface area contributed by atoms with E-state index < -0.39 is 0 Å². The van der Waals surface area contributed by atoms with Crippen molar-refractivity contribution < 1.29 is 4.79 Å². The number of aryl methyl sites for hydroxylation is 1. The van der Waals surface area contributed by atoms with Crippen LogP contribution in [0.25, 0.3) is 33.5 Å². The van der Waals surface area contributed by atoms with Gasteiger partial charge in [-0.05, 0) is 24.6 Å². The van der Waals surface area contributed by atoms with E-state index in [0.29, 0.717) is 0 Å². The van der Waals surface area contributed by atoms with Crippen molar-refractivity contribution in [3.8, 4) is 11.4 Å². The van der Waals surface area contributed by atoms with Crippen LogP contribution in [0, 0.1) is 0 Å². The van der Waals surface area contributed by atoms with Crippen LogP contribution >= 0.6 is 0 Å². The average molecular weight is 377 g/mol. The number of rotatable bonds is 5. The number of hydrogen-bond donors (Lipinski definition) is 3. The molecule has 0 fully saturated rings. The Morgan fingerprint density at radius 2 is 2.14 bits per heavy atom. The van der Waals surface area contributed by atoms with Crippen LogP contribution in [0.1, 0.15) is 32.0 Å². The van der Waals surface area contributed by atoms with Gasteiger partial charge >= 0.3 is 0 Å². The minimum atomic E-state index is -0.111. The zero-order valence-corrected chi connectivity index (χ0v) is 16.4. The Morgan fingerprint density at radius 3 is 2.86 bits per heavy atom. The number of carbonyl (C=O) groups is 1. The Labute approximate surface area is 162 Å². The lowest BCUT2D eigenvalue weighted by molar-refractivity contribution is -0.119. The van der Waals surface area contributed by atoms with Crippen molar-refractivity contribution >= 4 is 33.8 Å². The predicted molar refractivity (Wildman–Crippen MR) is 110 cm³/mol. The van der Waals surface area contributed by atoms with Gasteiger partial charge in [-0.25, -0.2) is 15.0 Å². The largest absolute Gasteiger partial charge is 0.371 e. The summed E-state index contributed by atoms with van der Waals surface area (Å²) in [6, 6.07) is 7.79. The van der Waals surface area contributed by atoms with Gasteiger partial charge in [0.1, 0.15) is 11.2 Å². The Kier molecular flexibility index (Phi) is 4.46. The van der Waals surface area contributed by atoms with Crippen molar-refractivity contribution in [1.82, 2.24) is 29.8 Å². The summed E-state index contributed by atoms with van der Waals surface area (Å²) < 4.78 is 1.99. The summed E-state index contributed by atoms with van der Waals surface area (Å²) in [7, 11) is 3.81. The number of imidazole rings is 1. The first-order valence-corrected chi connectivity index (χ1v) is 9.27. The summed E-state index contributed by atoms with van der Waals surface area (Å²) in [6.07, 6.45) is 2.56. The molecule has 3 N–H and O–H groups in total. The van der Waals surface area contributed by atoms with E-state index in [-0.39, 0.29) is 11.9 Å². The molecular weight excluding hydrogens is 354 g/mol. The van der Waals surface area contributed by atoms with Crippen molar-refractivity contribution in [2.45, 2.75) is 26.3 Å². The van der Waals surface area contributed by atoms with Crippen LogP contribution in [0.15, 0.2) is 30.6 Å². The Morgan fingerprint density at radius 1 is 1.32 bits per heavy atom. The molecule has 4 rings (SSSR count). The van der Waals surface area contributed by atoms with E-state index in [4.69, 9.17) is 4.98 Å². The van der Waals surface area contributed by atoms with E-state index in [1.165, 1.54) is 6.92 Å². The number of aromatic nitrogens is 5. The first kappa shape index (κ1) is 18.0. The molecule has 8 heteroatoms. The fraction of sp³-hybridized carbons (Fsp3) is 0.300. The van der Waals surface area contributed by atoms with Gasteiger partial charge < -0.3 is 20.2 Å². The molecule has 0 saturated heterocycles. The number of carbonyl (C=O) groups excluding carboxylic acids is 1. The topological polar surface area (TPSA) is 101 Å². The van der Waals surface area contributed by atoms with E-state index in [1.807, 2.05) is 43.8 Å². The minimum Gasteiger partial charge on any atom is -0.371 e. The molecule has 0 aliphatic heterocycles. The van der Waals surface area contributed by atoms with Crippen molar-refractivity contribution in [3.63, 3.8) is 0 Å². The number of H-pyrrole nitrogens is 1. The summed E-state index contributed by atoms with van der Waals surface area (Å²) in [5, 5.41) is 7.05. The van der Waals surface area contributed by atoms with Crippen LogP contribution in [0.3, 0.4) is 0 Å². The highest BCUT2D eigenvalue weighted by atomic mass is 16.1. The van der Waals surface area contributed by atoms with Gasteiger partial charge in [-0.15, -0.1) is 0 Å². The third kappa shape index (κ3) is 2.96. The first-order chi connectivity index (χ1) is 13.5. The molecule has 1 atom stereocenters. The lowest BCUT2D eigenvalue weighted by Gasteiger charge is -2.15. The second-order valence-electron chi connectivity index (χ2n) is 6.82. The number of nitrogens with zero attached hydrogens (tertiary/aromatic N) is 4. The van der Waals surface area contributed by atoms with E-state index in [9.17, 15) is 4.79 Å². The fourth-order valence-electron chi connectivity index (χ4n) is 3.54. The van der Waals surface area contributed by atoms with E-state index in [0.717, 1.165) is 51.4 Å². The van der Waals surface area contributed by atoms with Crippen LogP contribution in [0.5, 0.6) is 0 Å². The fourth-order valence-corrected chi connectivity index (χ4v) is 3.54. The van der Waals surface area contributed by atoms with Crippen LogP contribution in [0.4, 0.5) is 5.82 Å². The second kappa shape index (κ2) is 6.95. The number of amides is 1. The quantitative estimate of drug-likeness (QED) is 0.496. The molecule has 0 aliphatic carbocycles. The SMILES string of the molecule is CCC(NC(C)=O)c1cccc(-c2cc3c(nc(NC)c4ncn(C)c43)[nH]2)n1. The highest BCUT2D eigenvalue weighted by Gasteiger charge is 2.17. The smallest absolute Gasteiger partial charge is 0.217 e. The van der Waals surface area contributed by atoms with E-state index in [1.54, 1.807) is 6.33 Å². The molecule has 0 bridgehead atoms. The van der Waals surface area contributed by atoms with Crippen molar-refractivity contribution in [3.05, 3.63) is 36.3 Å². The van der Waals surface area contributed by atoms with Crippen molar-refractivity contribution in [2.75, 3.05) is 12.4 Å². The van der Waals surface area contributed by atoms with Crippen LogP contribution in [-0.2, 0) is 11.8 Å². The van der Waals surface area contributed by atoms with Crippen LogP contribution in [-0.4, -0.2) is 37.5 Å². The average Bonchev–Trinajstić information content (AvgIpc) is 3.29. The summed E-state index contributed by atoms with van der Waals surface area (Å²) in [4.78, 5) is 28.8. The molecule has 28 heavy (non-hydrogen) atoms. The molecule has 144 valence electrons. The summed E-state index contributed by atoms with van der Waals surface area (Å²) >= 11 is 0. The van der Waals surface area contributed by atoms with Gasteiger partial charge in [-0.1, -0.05) is 13.0 Å². The van der Waals surface area contributed by atoms with Gasteiger partial charge in [0.25, 0.3) is 0 Å². The number of aromatic amines is 1. The lowest BCUT2D eigenvalue weighted by Crippen LogP contribution is -2.26. The Bertz CT molecular complexity index is 1170. The molecule has 4 heterocycles. The van der Waals surface area contributed by atoms with Crippen LogP contribution in [0.2, 0.25) is 0 Å². The molecule has 4 aromatic heterocycles. The van der Waals surface area contributed by atoms with Crippen molar-refractivity contribution in [1.29, 1.82) is 0 Å². The van der Waals surface area contributed by atoms with Gasteiger partial charge in [-0.3, -0.25) is 4.79 Å². The zero-order chi connectivity index (χ0) is 19.8. The first-order valence-electron chi connectivity index (χ1n) is 9.27. The molecule has 8 nitrogen and oxygen atoms in total. The number of pyridine rings is 2. The molecule has 1 unspecified atom stereocenters. The molecule has 0 spiro atoms. The molecule has 0 aliphatic rings. The summed E-state index contributed by atoms with van der Waals surface area (Å²) in [6.45, 7) is 3.55. The maximum Gasteiger partial charge on any atom is 0.217 e. The number of anilines is 1. The highest BCUT2D eigenvalue weighted by molar-refractivity contribution is 6.07. The molecule has 1 amide bonds. The third-order valence-corrected chi connectivity index (χ3v) is 4.86. The second-order valence-corrected chi connectivity index (χ2v) is 6.82. The normalized spacial score (nSPS) is 12.4. The maximum atomic E-state index is 11.5. The van der Waals surface area contributed by atoms with Gasteiger partial charge in [0.05, 0.1) is 35.0 Å². The molecule has 0 radical (unpaired) electrons. The Balaban J connectivity index is 1.84. The zero-order valence-electron chi connectivity index (χ0n) is 16.4. The lowest BCUT2D eigenvalue weighted by atomic mass is 10.1. The Hall–Kier alpha value is -3.42. The monoisotopic (exact) mass is 377 g/mol. The van der Waals surface area contributed by atoms with Gasteiger partial charge in [0.2, 0.25) is 5.91 Å². The number of nitrogens with one attached hydrogen (secondary N) is 3. The van der Waals surface area contributed by atoms with Gasteiger partial charge in [0, 0.05) is 26.4 Å². The highest BCUT2D eigenvalue weighted by Crippen LogP contribution is 2.31.